The van der Waals surface area contributed by atoms with E-state index in [4.69, 9.17) is 10.8 Å². The van der Waals surface area contributed by atoms with Crippen LogP contribution in [0.4, 0.5) is 10.5 Å². The van der Waals surface area contributed by atoms with Gasteiger partial charge in [-0.15, -0.1) is 0 Å². The molecular weight excluding hydrogens is 448 g/mol. The number of rotatable bonds is 4. The van der Waals surface area contributed by atoms with E-state index in [0.29, 0.717) is 36.3 Å². The number of benzene rings is 2. The van der Waals surface area contributed by atoms with Gasteiger partial charge in [-0.1, -0.05) is 6.07 Å². The van der Waals surface area contributed by atoms with Crippen molar-refractivity contribution in [1.82, 2.24) is 20.1 Å². The normalized spacial score (nSPS) is 19.3. The molecule has 184 valence electrons. The van der Waals surface area contributed by atoms with E-state index in [-0.39, 0.29) is 11.9 Å². The zero-order valence-electron chi connectivity index (χ0n) is 19.7. The lowest BCUT2D eigenvalue weighted by atomic mass is 10.0. The Kier molecular flexibility index (Phi) is 5.98. The second-order valence-corrected chi connectivity index (χ2v) is 9.46. The molecule has 2 saturated heterocycles. The van der Waals surface area contributed by atoms with Crippen molar-refractivity contribution in [3.63, 3.8) is 0 Å². The van der Waals surface area contributed by atoms with E-state index in [2.05, 4.69) is 27.1 Å². The van der Waals surface area contributed by atoms with E-state index in [1.165, 1.54) is 0 Å². The molecule has 1 aromatic heterocycles. The Labute approximate surface area is 202 Å². The summed E-state index contributed by atoms with van der Waals surface area (Å²) in [5.41, 5.74) is 8.95. The summed E-state index contributed by atoms with van der Waals surface area (Å²) in [5, 5.41) is 13.5. The number of hydrogen-bond acceptors (Lipinski definition) is 5. The standard InChI is InChI=1S/C25H30N6O4/c1-29-9-11-30(12-10-29)24(33)15-4-5-17-19(13-15)28-22-18(23(26)32)6-7-20(21(17)22)31-8-2-3-16(14-31)27-25(34)35/h4-7,13,16,27-28H,2-3,8-12,14H2,1H3,(H2,26,32)(H,34,35). The molecule has 0 radical (unpaired) electrons. The van der Waals surface area contributed by atoms with Gasteiger partial charge < -0.3 is 35.8 Å². The molecule has 10 heteroatoms. The molecule has 0 spiro atoms. The summed E-state index contributed by atoms with van der Waals surface area (Å²) in [5.74, 6) is -0.543. The second-order valence-electron chi connectivity index (χ2n) is 9.46. The predicted octanol–water partition coefficient (Wildman–Crippen LogP) is 2.04. The molecule has 3 heterocycles. The van der Waals surface area contributed by atoms with Gasteiger partial charge in [-0.05, 0) is 44.2 Å². The molecule has 10 nitrogen and oxygen atoms in total. The highest BCUT2D eigenvalue weighted by atomic mass is 16.4. The Morgan fingerprint density at radius 2 is 1.86 bits per heavy atom. The fourth-order valence-corrected chi connectivity index (χ4v) is 5.28. The van der Waals surface area contributed by atoms with Crippen molar-refractivity contribution in [2.45, 2.75) is 18.9 Å². The van der Waals surface area contributed by atoms with Gasteiger partial charge in [0.2, 0.25) is 0 Å². The van der Waals surface area contributed by atoms with Crippen LogP contribution in [-0.2, 0) is 0 Å². The van der Waals surface area contributed by atoms with Crippen molar-refractivity contribution in [1.29, 1.82) is 0 Å². The van der Waals surface area contributed by atoms with Crippen LogP contribution in [0.3, 0.4) is 0 Å². The number of likely N-dealkylation sites (N-methyl/N-ethyl adjacent to an activating group) is 1. The number of carbonyl (C=O) groups excluding carboxylic acids is 2. The summed E-state index contributed by atoms with van der Waals surface area (Å²) < 4.78 is 0. The van der Waals surface area contributed by atoms with Gasteiger partial charge in [0.05, 0.1) is 11.1 Å². The van der Waals surface area contributed by atoms with E-state index >= 15 is 0 Å². The number of piperazine rings is 1. The lowest BCUT2D eigenvalue weighted by Gasteiger charge is -2.34. The molecule has 3 aromatic rings. The smallest absolute Gasteiger partial charge is 0.404 e. The topological polar surface area (TPSA) is 135 Å². The molecule has 35 heavy (non-hydrogen) atoms. The summed E-state index contributed by atoms with van der Waals surface area (Å²) in [7, 11) is 2.05. The number of H-pyrrole nitrogens is 1. The fourth-order valence-electron chi connectivity index (χ4n) is 5.28. The monoisotopic (exact) mass is 478 g/mol. The lowest BCUT2D eigenvalue weighted by Crippen LogP contribution is -2.47. The van der Waals surface area contributed by atoms with Crippen LogP contribution in [-0.4, -0.2) is 90.2 Å². The first-order valence-corrected chi connectivity index (χ1v) is 11.9. The maximum Gasteiger partial charge on any atom is 0.404 e. The van der Waals surface area contributed by atoms with Gasteiger partial charge in [0.15, 0.2) is 0 Å². The minimum Gasteiger partial charge on any atom is -0.465 e. The largest absolute Gasteiger partial charge is 0.465 e. The van der Waals surface area contributed by atoms with Crippen LogP contribution in [0.15, 0.2) is 30.3 Å². The number of carboxylic acid groups (broad SMARTS) is 1. The molecule has 0 saturated carbocycles. The van der Waals surface area contributed by atoms with E-state index < -0.39 is 12.0 Å². The Hall–Kier alpha value is -3.79. The molecule has 2 aliphatic rings. The van der Waals surface area contributed by atoms with Gasteiger partial charge in [-0.3, -0.25) is 9.59 Å². The molecule has 1 atom stereocenters. The third-order valence-corrected chi connectivity index (χ3v) is 7.12. The van der Waals surface area contributed by atoms with Gasteiger partial charge in [-0.25, -0.2) is 4.79 Å². The minimum atomic E-state index is -1.03. The molecular formula is C25H30N6O4. The maximum atomic E-state index is 13.1. The van der Waals surface area contributed by atoms with Crippen molar-refractivity contribution in [2.75, 3.05) is 51.2 Å². The molecule has 3 amide bonds. The van der Waals surface area contributed by atoms with Crippen LogP contribution in [0.25, 0.3) is 21.8 Å². The number of fused-ring (bicyclic) bond motifs is 3. The van der Waals surface area contributed by atoms with E-state index in [9.17, 15) is 14.4 Å². The van der Waals surface area contributed by atoms with Crippen LogP contribution in [0, 0.1) is 0 Å². The van der Waals surface area contributed by atoms with Crippen molar-refractivity contribution in [3.8, 4) is 0 Å². The molecule has 5 N–H and O–H groups in total. The van der Waals surface area contributed by atoms with Crippen molar-refractivity contribution < 1.29 is 19.5 Å². The summed E-state index contributed by atoms with van der Waals surface area (Å²) in [6.07, 6.45) is 0.586. The number of nitrogens with zero attached hydrogens (tertiary/aromatic N) is 3. The first kappa shape index (κ1) is 23.0. The molecule has 0 bridgehead atoms. The van der Waals surface area contributed by atoms with Crippen LogP contribution in [0.1, 0.15) is 33.6 Å². The van der Waals surface area contributed by atoms with Crippen molar-refractivity contribution in [2.24, 2.45) is 5.73 Å². The number of amides is 3. The summed E-state index contributed by atoms with van der Waals surface area (Å²) >= 11 is 0. The fraction of sp³-hybridized carbons (Fsp3) is 0.400. The third kappa shape index (κ3) is 4.37. The molecule has 2 fully saturated rings. The van der Waals surface area contributed by atoms with Crippen LogP contribution >= 0.6 is 0 Å². The number of piperidine rings is 1. The predicted molar refractivity (Wildman–Crippen MR) is 134 cm³/mol. The SMILES string of the molecule is CN1CCN(C(=O)c2ccc3c(c2)[nH]c2c(C(N)=O)ccc(N4CCCC(NC(=O)O)C4)c23)CC1. The molecule has 1 unspecified atom stereocenters. The zero-order valence-corrected chi connectivity index (χ0v) is 19.7. The number of hydrogen-bond donors (Lipinski definition) is 4. The minimum absolute atomic E-state index is 0.00683. The molecule has 0 aliphatic carbocycles. The molecule has 5 rings (SSSR count). The average Bonchev–Trinajstić information content (AvgIpc) is 3.22. The van der Waals surface area contributed by atoms with E-state index in [1.807, 2.05) is 29.2 Å². The number of nitrogens with two attached hydrogens (primary N) is 1. The number of anilines is 1. The van der Waals surface area contributed by atoms with Gasteiger partial charge >= 0.3 is 6.09 Å². The maximum absolute atomic E-state index is 13.1. The summed E-state index contributed by atoms with van der Waals surface area (Å²) in [6, 6.07) is 9.01. The molecule has 2 aliphatic heterocycles. The second kappa shape index (κ2) is 9.10. The number of primary amides is 1. The van der Waals surface area contributed by atoms with Crippen LogP contribution < -0.4 is 16.0 Å². The van der Waals surface area contributed by atoms with Crippen molar-refractivity contribution >= 4 is 45.4 Å². The highest BCUT2D eigenvalue weighted by Gasteiger charge is 2.26. The number of aromatic amines is 1. The number of nitrogens with one attached hydrogen (secondary N) is 2. The Bertz CT molecular complexity index is 1310. The zero-order chi connectivity index (χ0) is 24.7. The average molecular weight is 479 g/mol. The quantitative estimate of drug-likeness (QED) is 0.453. The number of carbonyl (C=O) groups is 3. The van der Waals surface area contributed by atoms with Crippen LogP contribution in [0.2, 0.25) is 0 Å². The van der Waals surface area contributed by atoms with E-state index in [1.54, 1.807) is 6.07 Å². The number of aromatic nitrogens is 1. The Morgan fingerprint density at radius 3 is 2.57 bits per heavy atom. The van der Waals surface area contributed by atoms with Gasteiger partial charge in [0.25, 0.3) is 11.8 Å². The van der Waals surface area contributed by atoms with Crippen LogP contribution in [0.5, 0.6) is 0 Å². The Morgan fingerprint density at radius 1 is 1.09 bits per heavy atom. The van der Waals surface area contributed by atoms with Crippen molar-refractivity contribution in [3.05, 3.63) is 41.5 Å². The van der Waals surface area contributed by atoms with Gasteiger partial charge in [0, 0.05) is 72.9 Å². The van der Waals surface area contributed by atoms with Gasteiger partial charge in [-0.2, -0.15) is 0 Å². The van der Waals surface area contributed by atoms with E-state index in [0.717, 1.165) is 54.5 Å². The summed E-state index contributed by atoms with van der Waals surface area (Å²) in [4.78, 5) is 46.1. The summed E-state index contributed by atoms with van der Waals surface area (Å²) in [6.45, 7) is 4.38. The Balaban J connectivity index is 1.56. The van der Waals surface area contributed by atoms with Gasteiger partial charge in [0.1, 0.15) is 0 Å². The first-order valence-electron chi connectivity index (χ1n) is 11.9. The highest BCUT2D eigenvalue weighted by Crippen LogP contribution is 2.37. The lowest BCUT2D eigenvalue weighted by molar-refractivity contribution is 0.0664. The molecule has 2 aromatic carbocycles. The highest BCUT2D eigenvalue weighted by molar-refractivity contribution is 6.20. The third-order valence-electron chi connectivity index (χ3n) is 7.12. The first-order chi connectivity index (χ1) is 16.8.